The fourth-order valence-electron chi connectivity index (χ4n) is 2.33. The fourth-order valence-corrected chi connectivity index (χ4v) is 2.33. The number of benzene rings is 1. The topological polar surface area (TPSA) is 155 Å². The van der Waals surface area contributed by atoms with Crippen LogP contribution in [0, 0.1) is 0 Å². The molecule has 0 aromatic heterocycles. The predicted molar refractivity (Wildman–Crippen MR) is 168 cm³/mol. The molecule has 254 valence electrons. The summed E-state index contributed by atoms with van der Waals surface area (Å²) in [4.78, 5) is 22.7. The summed E-state index contributed by atoms with van der Waals surface area (Å²) >= 11 is -1.18. The van der Waals surface area contributed by atoms with E-state index >= 15 is 0 Å². The van der Waals surface area contributed by atoms with Crippen LogP contribution in [0.15, 0.2) is 43.0 Å². The molecule has 1 aromatic rings. The third-order valence-electron chi connectivity index (χ3n) is 4.46. The first kappa shape index (κ1) is 43.2. The highest BCUT2D eigenvalue weighted by atomic mass is 32.2. The SMILES string of the molecule is C=C[C@H](C)NC(=O)OC(C)(C)C.CC(C)(C)OC(=O)N[C@H](/C=C/c1ccccc1OCCO)C(F)(F)F.CC(C)(C)[S+](N)[O-]. The van der Waals surface area contributed by atoms with Crippen molar-refractivity contribution in [3.8, 4) is 5.75 Å². The van der Waals surface area contributed by atoms with E-state index in [-0.39, 0.29) is 24.0 Å². The molecule has 14 heteroatoms. The lowest BCUT2D eigenvalue weighted by molar-refractivity contribution is -0.143. The number of carbonyl (C=O) groups is 2. The molecule has 0 bridgehead atoms. The Morgan fingerprint density at radius 3 is 1.84 bits per heavy atom. The summed E-state index contributed by atoms with van der Waals surface area (Å²) in [6.07, 6.45) is -2.61. The molecule has 44 heavy (non-hydrogen) atoms. The summed E-state index contributed by atoms with van der Waals surface area (Å²) in [5.41, 5.74) is -0.962. The van der Waals surface area contributed by atoms with Crippen molar-refractivity contribution in [1.29, 1.82) is 0 Å². The van der Waals surface area contributed by atoms with Crippen LogP contribution in [0.1, 0.15) is 74.8 Å². The number of nitrogens with two attached hydrogens (primary N) is 1. The lowest BCUT2D eigenvalue weighted by Gasteiger charge is -2.23. The molecule has 3 atom stereocenters. The summed E-state index contributed by atoms with van der Waals surface area (Å²) in [6, 6.07) is 4.15. The van der Waals surface area contributed by atoms with E-state index in [0.29, 0.717) is 11.3 Å². The Hall–Kier alpha value is -2.94. The first-order valence-electron chi connectivity index (χ1n) is 13.7. The minimum atomic E-state index is -4.69. The number of aliphatic hydroxyl groups excluding tert-OH is 1. The number of nitrogens with one attached hydrogen (secondary N) is 2. The summed E-state index contributed by atoms with van der Waals surface area (Å²) in [7, 11) is 0. The number of alkyl carbamates (subject to hydrolysis) is 2. The maximum absolute atomic E-state index is 13.1. The van der Waals surface area contributed by atoms with E-state index in [0.717, 1.165) is 6.08 Å². The molecule has 0 radical (unpaired) electrons. The van der Waals surface area contributed by atoms with Crippen LogP contribution in [0.25, 0.3) is 6.08 Å². The number of halogens is 3. The summed E-state index contributed by atoms with van der Waals surface area (Å²) in [5.74, 6) is 0.325. The highest BCUT2D eigenvalue weighted by Gasteiger charge is 2.39. The van der Waals surface area contributed by atoms with Crippen molar-refractivity contribution in [1.82, 2.24) is 10.6 Å². The normalized spacial score (nSPS) is 14.0. The first-order chi connectivity index (χ1) is 19.8. The minimum Gasteiger partial charge on any atom is -0.598 e. The van der Waals surface area contributed by atoms with Gasteiger partial charge in [0.2, 0.25) is 0 Å². The smallest absolute Gasteiger partial charge is 0.412 e. The van der Waals surface area contributed by atoms with Gasteiger partial charge in [-0.25, -0.2) is 9.59 Å². The Bertz CT molecular complexity index is 1030. The van der Waals surface area contributed by atoms with Gasteiger partial charge in [-0.3, -0.25) is 0 Å². The quantitative estimate of drug-likeness (QED) is 0.196. The van der Waals surface area contributed by atoms with E-state index in [1.807, 2.05) is 48.5 Å². The predicted octanol–water partition coefficient (Wildman–Crippen LogP) is 6.02. The van der Waals surface area contributed by atoms with Crippen molar-refractivity contribution in [2.75, 3.05) is 13.2 Å². The molecule has 0 aliphatic rings. The second kappa shape index (κ2) is 19.4. The minimum absolute atomic E-state index is 0.0176. The molecule has 5 N–H and O–H groups in total. The third kappa shape index (κ3) is 23.5. The highest BCUT2D eigenvalue weighted by Crippen LogP contribution is 2.25. The number of carbonyl (C=O) groups excluding carboxylic acids is 2. The monoisotopic (exact) mass is 653 g/mol. The van der Waals surface area contributed by atoms with E-state index < -0.39 is 47.0 Å². The molecule has 0 heterocycles. The Kier molecular flexibility index (Phi) is 19.1. The summed E-state index contributed by atoms with van der Waals surface area (Å²) in [6.45, 7) is 20.8. The first-order valence-corrected chi connectivity index (χ1v) is 14.9. The van der Waals surface area contributed by atoms with Crippen LogP contribution < -0.4 is 20.5 Å². The van der Waals surface area contributed by atoms with Crippen LogP contribution in [-0.4, -0.2) is 69.3 Å². The van der Waals surface area contributed by atoms with Gasteiger partial charge in [0.1, 0.15) is 34.3 Å². The number of hydrogen-bond donors (Lipinski definition) is 4. The Labute approximate surface area is 262 Å². The molecule has 0 fully saturated rings. The van der Waals surface area contributed by atoms with E-state index in [2.05, 4.69) is 11.9 Å². The van der Waals surface area contributed by atoms with Crippen LogP contribution in [0.4, 0.5) is 22.8 Å². The van der Waals surface area contributed by atoms with Crippen molar-refractivity contribution < 1.29 is 46.6 Å². The molecule has 0 saturated heterocycles. The molecule has 0 saturated carbocycles. The number of rotatable bonds is 8. The van der Waals surface area contributed by atoms with Crippen molar-refractivity contribution in [2.24, 2.45) is 5.14 Å². The van der Waals surface area contributed by atoms with Crippen LogP contribution in [0.5, 0.6) is 5.75 Å². The number of para-hydroxylation sites is 1. The van der Waals surface area contributed by atoms with Crippen LogP contribution in [-0.2, 0) is 20.8 Å². The third-order valence-corrected chi connectivity index (χ3v) is 5.67. The summed E-state index contributed by atoms with van der Waals surface area (Å²) < 4.78 is 64.6. The largest absolute Gasteiger partial charge is 0.598 e. The van der Waals surface area contributed by atoms with Gasteiger partial charge in [-0.05, 0) is 75.3 Å². The van der Waals surface area contributed by atoms with Gasteiger partial charge in [-0.15, -0.1) is 6.58 Å². The molecule has 0 spiro atoms. The highest BCUT2D eigenvalue weighted by molar-refractivity contribution is 7.90. The lowest BCUT2D eigenvalue weighted by Crippen LogP contribution is -2.46. The van der Waals surface area contributed by atoms with Crippen LogP contribution in [0.3, 0.4) is 0 Å². The number of ether oxygens (including phenoxy) is 3. The molecule has 1 rings (SSSR count). The lowest BCUT2D eigenvalue weighted by atomic mass is 10.1. The standard InChI is InChI=1S/C17H22F3NO4.C9H17NO2.C4H11NOS/c1-16(2,3)25-15(23)21-14(17(18,19)20)9-8-12-6-4-5-7-13(12)24-11-10-22;1-6-7(2)10-8(11)12-9(3,4)5;1-4(2,3)7(5)6/h4-9,14,22H,10-11H2,1-3H3,(H,21,23);6-7H,1H2,2-5H3,(H,10,11);5H2,1-3H3/b9-8+;;/t14-;7-;/m10./s1. The Morgan fingerprint density at radius 2 is 1.45 bits per heavy atom. The van der Waals surface area contributed by atoms with Crippen LogP contribution >= 0.6 is 0 Å². The molecule has 10 nitrogen and oxygen atoms in total. The number of alkyl halides is 3. The average Bonchev–Trinajstić information content (AvgIpc) is 2.82. The van der Waals surface area contributed by atoms with Gasteiger partial charge in [0, 0.05) is 23.0 Å². The maximum Gasteiger partial charge on any atom is 0.412 e. The van der Waals surface area contributed by atoms with Crippen molar-refractivity contribution in [3.63, 3.8) is 0 Å². The van der Waals surface area contributed by atoms with Gasteiger partial charge >= 0.3 is 18.4 Å². The van der Waals surface area contributed by atoms with Gasteiger partial charge in [-0.1, -0.05) is 36.4 Å². The zero-order valence-corrected chi connectivity index (χ0v) is 28.2. The second-order valence-corrected chi connectivity index (χ2v) is 14.0. The Balaban J connectivity index is 0. The molecule has 1 unspecified atom stereocenters. The van der Waals surface area contributed by atoms with Crippen molar-refractivity contribution >= 4 is 29.6 Å². The fraction of sp³-hybridized carbons (Fsp3) is 0.600. The molecule has 1 aromatic carbocycles. The van der Waals surface area contributed by atoms with Gasteiger partial charge in [0.15, 0.2) is 0 Å². The number of hydrogen-bond acceptors (Lipinski definition) is 8. The van der Waals surface area contributed by atoms with E-state index in [4.69, 9.17) is 24.5 Å². The van der Waals surface area contributed by atoms with Crippen molar-refractivity contribution in [2.45, 2.75) is 103 Å². The number of amides is 2. The molecule has 0 aliphatic heterocycles. The summed E-state index contributed by atoms with van der Waals surface area (Å²) in [5, 5.41) is 18.2. The van der Waals surface area contributed by atoms with E-state index in [9.17, 15) is 27.3 Å². The second-order valence-electron chi connectivity index (χ2n) is 12.2. The van der Waals surface area contributed by atoms with Gasteiger partial charge in [0.05, 0.1) is 6.61 Å². The number of aliphatic hydroxyl groups is 1. The van der Waals surface area contributed by atoms with Crippen molar-refractivity contribution in [3.05, 3.63) is 48.6 Å². The van der Waals surface area contributed by atoms with Gasteiger partial charge in [-0.2, -0.15) is 18.3 Å². The maximum atomic E-state index is 13.1. The van der Waals surface area contributed by atoms with Gasteiger partial charge < -0.3 is 34.5 Å². The van der Waals surface area contributed by atoms with E-state index in [1.165, 1.54) is 6.08 Å². The average molecular weight is 654 g/mol. The molecular weight excluding hydrogens is 603 g/mol. The zero-order valence-electron chi connectivity index (χ0n) is 27.3. The molecule has 0 aliphatic carbocycles. The zero-order chi connectivity index (χ0) is 34.9. The Morgan fingerprint density at radius 1 is 1.00 bits per heavy atom. The molecular formula is C30H50F3N3O7S. The van der Waals surface area contributed by atoms with Crippen LogP contribution in [0.2, 0.25) is 0 Å². The van der Waals surface area contributed by atoms with Gasteiger partial charge in [0.25, 0.3) is 0 Å². The van der Waals surface area contributed by atoms with E-state index in [1.54, 1.807) is 56.4 Å². The molecule has 2 amide bonds.